The Hall–Kier alpha value is -2.63. The number of ether oxygens (including phenoxy) is 1. The first-order valence-corrected chi connectivity index (χ1v) is 10.2. The zero-order chi connectivity index (χ0) is 20.0. The highest BCUT2D eigenvalue weighted by molar-refractivity contribution is 6.30. The van der Waals surface area contributed by atoms with Crippen molar-refractivity contribution in [2.75, 3.05) is 18.4 Å². The number of halogens is 1. The van der Waals surface area contributed by atoms with Crippen LogP contribution in [0.5, 0.6) is 0 Å². The summed E-state index contributed by atoms with van der Waals surface area (Å²) in [4.78, 5) is 28.1. The molecule has 0 saturated carbocycles. The van der Waals surface area contributed by atoms with Gasteiger partial charge < -0.3 is 15.0 Å². The summed E-state index contributed by atoms with van der Waals surface area (Å²) < 4.78 is 6.17. The third kappa shape index (κ3) is 3.15. The molecule has 1 spiro atoms. The molecule has 0 radical (unpaired) electrons. The van der Waals surface area contributed by atoms with Crippen LogP contribution in [-0.4, -0.2) is 41.5 Å². The Balaban J connectivity index is 1.33. The lowest BCUT2D eigenvalue weighted by molar-refractivity contribution is -0.135. The van der Waals surface area contributed by atoms with E-state index in [1.165, 1.54) is 5.56 Å². The van der Waals surface area contributed by atoms with Crippen LogP contribution in [0.2, 0.25) is 5.02 Å². The van der Waals surface area contributed by atoms with Crippen molar-refractivity contribution in [2.45, 2.75) is 18.1 Å². The van der Waals surface area contributed by atoms with E-state index in [2.05, 4.69) is 17.4 Å². The first-order valence-electron chi connectivity index (χ1n) is 9.82. The molecule has 2 aromatic rings. The number of benzene rings is 2. The van der Waals surface area contributed by atoms with Crippen molar-refractivity contribution in [3.8, 4) is 0 Å². The Bertz CT molecular complexity index is 993. The highest BCUT2D eigenvalue weighted by Gasteiger charge is 2.66. The summed E-state index contributed by atoms with van der Waals surface area (Å²) in [7, 11) is 0. The summed E-state index contributed by atoms with van der Waals surface area (Å²) in [6, 6.07) is 17.1. The molecule has 148 valence electrons. The van der Waals surface area contributed by atoms with E-state index >= 15 is 0 Å². The molecule has 2 amide bonds. The van der Waals surface area contributed by atoms with Crippen molar-refractivity contribution in [1.29, 1.82) is 0 Å². The van der Waals surface area contributed by atoms with Gasteiger partial charge in [-0.25, -0.2) is 0 Å². The van der Waals surface area contributed by atoms with E-state index in [1.807, 2.05) is 35.3 Å². The maximum absolute atomic E-state index is 13.2. The standard InChI is InChI=1S/C23H21ClN2O3/c24-16-7-4-8-17(13-16)25-21(27)19-18-9-11-23(29-18)14-26(22(28)20(19)23)12-10-15-5-2-1-3-6-15/h1-9,11,13,18-20H,10,12,14H2,(H,25,27)/t18-,19-,20+,23-/m0/s1. The first kappa shape index (κ1) is 18.4. The quantitative estimate of drug-likeness (QED) is 0.772. The van der Waals surface area contributed by atoms with Gasteiger partial charge in [0.2, 0.25) is 11.8 Å². The number of nitrogens with zero attached hydrogens (tertiary/aromatic N) is 1. The third-order valence-corrected chi connectivity index (χ3v) is 6.32. The van der Waals surface area contributed by atoms with Gasteiger partial charge in [-0.1, -0.05) is 60.2 Å². The number of amides is 2. The summed E-state index contributed by atoms with van der Waals surface area (Å²) >= 11 is 6.02. The molecule has 0 aromatic heterocycles. The van der Waals surface area contributed by atoms with E-state index < -0.39 is 17.4 Å². The van der Waals surface area contributed by atoms with Crippen LogP contribution in [0.3, 0.4) is 0 Å². The van der Waals surface area contributed by atoms with Gasteiger partial charge >= 0.3 is 0 Å². The number of fused-ring (bicyclic) bond motifs is 1. The SMILES string of the molecule is O=C(Nc1cccc(Cl)c1)[C@H]1[C@@H]2C=C[C@@]3(CN(CCc4ccccc4)C(=O)[C@@H]13)O2. The van der Waals surface area contributed by atoms with Gasteiger partial charge in [0.05, 0.1) is 24.5 Å². The van der Waals surface area contributed by atoms with Gasteiger partial charge in [-0.2, -0.15) is 0 Å². The van der Waals surface area contributed by atoms with Crippen LogP contribution < -0.4 is 5.32 Å². The minimum atomic E-state index is -0.686. The second-order valence-electron chi connectivity index (χ2n) is 7.89. The van der Waals surface area contributed by atoms with E-state index in [4.69, 9.17) is 16.3 Å². The average molecular weight is 409 g/mol. The van der Waals surface area contributed by atoms with Crippen molar-refractivity contribution in [3.05, 3.63) is 77.3 Å². The molecule has 2 aromatic carbocycles. The Morgan fingerprint density at radius 1 is 1.21 bits per heavy atom. The van der Waals surface area contributed by atoms with Gasteiger partial charge in [0.15, 0.2) is 0 Å². The second-order valence-corrected chi connectivity index (χ2v) is 8.33. The molecular formula is C23H21ClN2O3. The van der Waals surface area contributed by atoms with E-state index in [9.17, 15) is 9.59 Å². The lowest BCUT2D eigenvalue weighted by Gasteiger charge is -2.23. The molecule has 3 heterocycles. The fourth-order valence-electron chi connectivity index (χ4n) is 4.77. The molecule has 4 atom stereocenters. The summed E-state index contributed by atoms with van der Waals surface area (Å²) in [5, 5.41) is 3.45. The Kier molecular flexibility index (Phi) is 4.45. The first-order chi connectivity index (χ1) is 14.1. The molecule has 2 saturated heterocycles. The Morgan fingerprint density at radius 2 is 2.03 bits per heavy atom. The lowest BCUT2D eigenvalue weighted by atomic mass is 9.77. The molecule has 2 fully saturated rings. The van der Waals surface area contributed by atoms with Crippen LogP contribution in [0.15, 0.2) is 66.7 Å². The molecule has 3 aliphatic rings. The van der Waals surface area contributed by atoms with Crippen molar-refractivity contribution in [2.24, 2.45) is 11.8 Å². The molecule has 6 heteroatoms. The fourth-order valence-corrected chi connectivity index (χ4v) is 4.96. The molecule has 1 N–H and O–H groups in total. The Labute approximate surface area is 174 Å². The predicted molar refractivity (Wildman–Crippen MR) is 111 cm³/mol. The smallest absolute Gasteiger partial charge is 0.231 e. The summed E-state index contributed by atoms with van der Waals surface area (Å²) in [5.74, 6) is -1.22. The van der Waals surface area contributed by atoms with E-state index in [1.54, 1.807) is 24.3 Å². The maximum Gasteiger partial charge on any atom is 0.231 e. The van der Waals surface area contributed by atoms with Gasteiger partial charge in [0.25, 0.3) is 0 Å². The van der Waals surface area contributed by atoms with Crippen molar-refractivity contribution < 1.29 is 14.3 Å². The number of likely N-dealkylation sites (tertiary alicyclic amines) is 1. The highest BCUT2D eigenvalue weighted by atomic mass is 35.5. The minimum absolute atomic E-state index is 0.000903. The molecule has 29 heavy (non-hydrogen) atoms. The number of hydrogen-bond acceptors (Lipinski definition) is 3. The summed E-state index contributed by atoms with van der Waals surface area (Å²) in [5.41, 5.74) is 1.12. The van der Waals surface area contributed by atoms with Crippen LogP contribution in [0, 0.1) is 11.8 Å². The van der Waals surface area contributed by atoms with Crippen LogP contribution in [-0.2, 0) is 20.7 Å². The number of carbonyl (C=O) groups is 2. The van der Waals surface area contributed by atoms with Crippen molar-refractivity contribution in [1.82, 2.24) is 4.90 Å². The molecule has 5 nitrogen and oxygen atoms in total. The molecular weight excluding hydrogens is 388 g/mol. The molecule has 3 aliphatic heterocycles. The van der Waals surface area contributed by atoms with Gasteiger partial charge in [-0.05, 0) is 30.2 Å². The number of anilines is 1. The zero-order valence-electron chi connectivity index (χ0n) is 15.8. The van der Waals surface area contributed by atoms with Crippen molar-refractivity contribution >= 4 is 29.1 Å². The monoisotopic (exact) mass is 408 g/mol. The molecule has 0 unspecified atom stereocenters. The summed E-state index contributed by atoms with van der Waals surface area (Å²) in [6.45, 7) is 1.11. The normalized spacial score (nSPS) is 29.3. The van der Waals surface area contributed by atoms with Crippen LogP contribution in [0.1, 0.15) is 5.56 Å². The fraction of sp³-hybridized carbons (Fsp3) is 0.304. The van der Waals surface area contributed by atoms with Crippen molar-refractivity contribution in [3.63, 3.8) is 0 Å². The van der Waals surface area contributed by atoms with Gasteiger partial charge in [0.1, 0.15) is 5.60 Å². The number of rotatable bonds is 5. The maximum atomic E-state index is 13.2. The zero-order valence-corrected chi connectivity index (χ0v) is 16.5. The van der Waals surface area contributed by atoms with E-state index in [-0.39, 0.29) is 17.9 Å². The number of nitrogens with one attached hydrogen (secondary N) is 1. The predicted octanol–water partition coefficient (Wildman–Crippen LogP) is 3.30. The number of carbonyl (C=O) groups excluding carboxylic acids is 2. The molecule has 5 rings (SSSR count). The van der Waals surface area contributed by atoms with Gasteiger partial charge in [0, 0.05) is 17.3 Å². The topological polar surface area (TPSA) is 58.6 Å². The summed E-state index contributed by atoms with van der Waals surface area (Å²) in [6.07, 6.45) is 4.32. The van der Waals surface area contributed by atoms with Gasteiger partial charge in [-0.15, -0.1) is 0 Å². The molecule has 0 aliphatic carbocycles. The van der Waals surface area contributed by atoms with E-state index in [0.29, 0.717) is 23.8 Å². The van der Waals surface area contributed by atoms with E-state index in [0.717, 1.165) is 6.42 Å². The Morgan fingerprint density at radius 3 is 2.83 bits per heavy atom. The minimum Gasteiger partial charge on any atom is -0.360 e. The van der Waals surface area contributed by atoms with Crippen LogP contribution >= 0.6 is 11.6 Å². The largest absolute Gasteiger partial charge is 0.360 e. The molecule has 2 bridgehead atoms. The lowest BCUT2D eigenvalue weighted by Crippen LogP contribution is -2.41. The van der Waals surface area contributed by atoms with Crippen LogP contribution in [0.25, 0.3) is 0 Å². The third-order valence-electron chi connectivity index (χ3n) is 6.09. The average Bonchev–Trinajstić information content (AvgIpc) is 3.35. The highest BCUT2D eigenvalue weighted by Crippen LogP contribution is 2.52. The van der Waals surface area contributed by atoms with Gasteiger partial charge in [-0.3, -0.25) is 9.59 Å². The number of hydrogen-bond donors (Lipinski definition) is 1. The second kappa shape index (κ2) is 7.01. The van der Waals surface area contributed by atoms with Crippen LogP contribution in [0.4, 0.5) is 5.69 Å².